The summed E-state index contributed by atoms with van der Waals surface area (Å²) in [7, 11) is 0. The maximum atomic E-state index is 11.3. The first-order valence-corrected chi connectivity index (χ1v) is 6.78. The summed E-state index contributed by atoms with van der Waals surface area (Å²) in [5.74, 6) is 1.40. The van der Waals surface area contributed by atoms with E-state index in [-0.39, 0.29) is 0 Å². The lowest BCUT2D eigenvalue weighted by atomic mass is 10.1. The predicted octanol–water partition coefficient (Wildman–Crippen LogP) is 3.87. The van der Waals surface area contributed by atoms with Gasteiger partial charge in [-0.05, 0) is 50.1 Å². The fourth-order valence-corrected chi connectivity index (χ4v) is 2.32. The van der Waals surface area contributed by atoms with Gasteiger partial charge in [-0.1, -0.05) is 12.1 Å². The quantitative estimate of drug-likeness (QED) is 0.684. The first kappa shape index (κ1) is 13.4. The largest absolute Gasteiger partial charge is 0.460 e. The minimum absolute atomic E-state index is 0.519. The van der Waals surface area contributed by atoms with Gasteiger partial charge in [-0.15, -0.1) is 0 Å². The molecule has 0 spiro atoms. The number of rotatable bonds is 3. The Labute approximate surface area is 123 Å². The van der Waals surface area contributed by atoms with Gasteiger partial charge in [0, 0.05) is 6.20 Å². The van der Waals surface area contributed by atoms with Crippen LogP contribution in [0, 0.1) is 20.8 Å². The summed E-state index contributed by atoms with van der Waals surface area (Å²) in [6.07, 6.45) is 2.55. The molecule has 0 amide bonds. The highest BCUT2D eigenvalue weighted by atomic mass is 16.3. The van der Waals surface area contributed by atoms with Crippen molar-refractivity contribution in [2.24, 2.45) is 0 Å². The van der Waals surface area contributed by atoms with Crippen LogP contribution in [0.1, 0.15) is 27.2 Å². The molecule has 0 aliphatic rings. The van der Waals surface area contributed by atoms with E-state index in [4.69, 9.17) is 4.42 Å². The molecule has 2 heterocycles. The molecule has 21 heavy (non-hydrogen) atoms. The van der Waals surface area contributed by atoms with Gasteiger partial charge in [0.25, 0.3) is 0 Å². The molecule has 0 saturated carbocycles. The fourth-order valence-electron chi connectivity index (χ4n) is 2.32. The van der Waals surface area contributed by atoms with Crippen LogP contribution in [0.3, 0.4) is 0 Å². The first-order chi connectivity index (χ1) is 10.1. The summed E-state index contributed by atoms with van der Waals surface area (Å²) in [6.45, 7) is 5.92. The smallest absolute Gasteiger partial charge is 0.155 e. The third-order valence-electron chi connectivity index (χ3n) is 3.45. The van der Waals surface area contributed by atoms with Gasteiger partial charge in [-0.2, -0.15) is 5.10 Å². The van der Waals surface area contributed by atoms with E-state index in [1.807, 2.05) is 45.0 Å². The Morgan fingerprint density at radius 1 is 1.14 bits per heavy atom. The van der Waals surface area contributed by atoms with E-state index in [0.29, 0.717) is 17.0 Å². The highest BCUT2D eigenvalue weighted by molar-refractivity contribution is 5.84. The van der Waals surface area contributed by atoms with E-state index < -0.39 is 0 Å². The number of hydrogen-bond acceptors (Lipinski definition) is 3. The zero-order chi connectivity index (χ0) is 15.0. The topological polar surface area (TPSA) is 48.0 Å². The molecule has 2 aromatic heterocycles. The average molecular weight is 280 g/mol. The van der Waals surface area contributed by atoms with Crippen molar-refractivity contribution in [2.45, 2.75) is 20.8 Å². The molecule has 0 N–H and O–H groups in total. The summed E-state index contributed by atoms with van der Waals surface area (Å²) in [4.78, 5) is 11.3. The first-order valence-electron chi connectivity index (χ1n) is 6.78. The van der Waals surface area contributed by atoms with Crippen LogP contribution >= 0.6 is 0 Å². The molecule has 0 atom stereocenters. The van der Waals surface area contributed by atoms with Crippen LogP contribution in [-0.2, 0) is 0 Å². The number of nitrogens with zero attached hydrogens (tertiary/aromatic N) is 2. The number of carbonyl (C=O) groups is 1. The molecule has 3 rings (SSSR count). The van der Waals surface area contributed by atoms with Crippen molar-refractivity contribution in [1.29, 1.82) is 0 Å². The van der Waals surface area contributed by atoms with E-state index in [0.717, 1.165) is 28.9 Å². The lowest BCUT2D eigenvalue weighted by Gasteiger charge is -2.06. The second kappa shape index (κ2) is 5.05. The van der Waals surface area contributed by atoms with Gasteiger partial charge >= 0.3 is 0 Å². The monoisotopic (exact) mass is 280 g/mol. The fraction of sp³-hybridized carbons (Fsp3) is 0.176. The summed E-state index contributed by atoms with van der Waals surface area (Å²) < 4.78 is 7.32. The Kier molecular flexibility index (Phi) is 3.22. The van der Waals surface area contributed by atoms with Gasteiger partial charge in [0.1, 0.15) is 11.5 Å². The maximum Gasteiger partial charge on any atom is 0.155 e. The van der Waals surface area contributed by atoms with Crippen LogP contribution in [0.5, 0.6) is 0 Å². The molecular weight excluding hydrogens is 264 g/mol. The number of aromatic nitrogens is 2. The Morgan fingerprint density at radius 3 is 2.62 bits per heavy atom. The molecule has 106 valence electrons. The van der Waals surface area contributed by atoms with Crippen molar-refractivity contribution in [3.05, 3.63) is 59.0 Å². The molecule has 0 aliphatic heterocycles. The summed E-state index contributed by atoms with van der Waals surface area (Å²) in [5.41, 5.74) is 4.30. The lowest BCUT2D eigenvalue weighted by Crippen LogP contribution is -1.98. The van der Waals surface area contributed by atoms with Gasteiger partial charge in [0.05, 0.1) is 11.3 Å². The van der Waals surface area contributed by atoms with Crippen molar-refractivity contribution in [3.63, 3.8) is 0 Å². The van der Waals surface area contributed by atoms with E-state index in [9.17, 15) is 4.79 Å². The number of benzene rings is 1. The van der Waals surface area contributed by atoms with Gasteiger partial charge in [-0.25, -0.2) is 4.68 Å². The highest BCUT2D eigenvalue weighted by Gasteiger charge is 2.15. The predicted molar refractivity (Wildman–Crippen MR) is 80.9 cm³/mol. The van der Waals surface area contributed by atoms with Gasteiger partial charge < -0.3 is 4.42 Å². The standard InChI is InChI=1S/C17H16N2O2/c1-11-4-5-12(2)15(8-11)19-9-14(10-20)17(18-19)16-7-6-13(3)21-16/h4-10H,1-3H3. The van der Waals surface area contributed by atoms with Crippen LogP contribution < -0.4 is 0 Å². The molecule has 0 unspecified atom stereocenters. The van der Waals surface area contributed by atoms with Gasteiger partial charge in [-0.3, -0.25) is 4.79 Å². The van der Waals surface area contributed by atoms with Crippen LogP contribution in [-0.4, -0.2) is 16.1 Å². The average Bonchev–Trinajstić information content (AvgIpc) is 3.07. The summed E-state index contributed by atoms with van der Waals surface area (Å²) >= 11 is 0. The Morgan fingerprint density at radius 2 is 1.95 bits per heavy atom. The molecule has 0 radical (unpaired) electrons. The second-order valence-electron chi connectivity index (χ2n) is 5.20. The second-order valence-corrected chi connectivity index (χ2v) is 5.20. The summed E-state index contributed by atoms with van der Waals surface area (Å²) in [5, 5.41) is 4.53. The van der Waals surface area contributed by atoms with Crippen molar-refractivity contribution in [3.8, 4) is 17.1 Å². The van der Waals surface area contributed by atoms with Crippen molar-refractivity contribution < 1.29 is 9.21 Å². The van der Waals surface area contributed by atoms with Crippen LogP contribution in [0.25, 0.3) is 17.1 Å². The minimum Gasteiger partial charge on any atom is -0.460 e. The van der Waals surface area contributed by atoms with Crippen molar-refractivity contribution in [1.82, 2.24) is 9.78 Å². The zero-order valence-electron chi connectivity index (χ0n) is 12.3. The van der Waals surface area contributed by atoms with Crippen LogP contribution in [0.2, 0.25) is 0 Å². The molecule has 0 aliphatic carbocycles. The molecule has 0 bridgehead atoms. The zero-order valence-corrected chi connectivity index (χ0v) is 12.3. The van der Waals surface area contributed by atoms with Crippen LogP contribution in [0.4, 0.5) is 0 Å². The molecule has 3 aromatic rings. The normalized spacial score (nSPS) is 10.8. The van der Waals surface area contributed by atoms with Crippen molar-refractivity contribution in [2.75, 3.05) is 0 Å². The molecule has 0 fully saturated rings. The highest BCUT2D eigenvalue weighted by Crippen LogP contribution is 2.25. The number of aryl methyl sites for hydroxylation is 3. The van der Waals surface area contributed by atoms with E-state index in [2.05, 4.69) is 11.2 Å². The minimum atomic E-state index is 0.519. The Bertz CT molecular complexity index is 812. The van der Waals surface area contributed by atoms with E-state index in [1.54, 1.807) is 10.9 Å². The number of aldehydes is 1. The molecular formula is C17H16N2O2. The molecule has 1 aromatic carbocycles. The number of furan rings is 1. The van der Waals surface area contributed by atoms with Crippen molar-refractivity contribution >= 4 is 6.29 Å². The number of carbonyl (C=O) groups excluding carboxylic acids is 1. The van der Waals surface area contributed by atoms with Gasteiger partial charge in [0.2, 0.25) is 0 Å². The lowest BCUT2D eigenvalue weighted by molar-refractivity contribution is 0.112. The van der Waals surface area contributed by atoms with E-state index >= 15 is 0 Å². The Balaban J connectivity index is 2.15. The van der Waals surface area contributed by atoms with E-state index in [1.165, 1.54) is 0 Å². The Hall–Kier alpha value is -2.62. The maximum absolute atomic E-state index is 11.3. The SMILES string of the molecule is Cc1ccc(C)c(-n2cc(C=O)c(-c3ccc(C)o3)n2)c1. The molecule has 0 saturated heterocycles. The third-order valence-corrected chi connectivity index (χ3v) is 3.45. The third kappa shape index (κ3) is 2.40. The van der Waals surface area contributed by atoms with Crippen LogP contribution in [0.15, 0.2) is 40.9 Å². The van der Waals surface area contributed by atoms with Gasteiger partial charge in [0.15, 0.2) is 12.0 Å². The number of hydrogen-bond donors (Lipinski definition) is 0. The molecule has 4 nitrogen and oxygen atoms in total. The summed E-state index contributed by atoms with van der Waals surface area (Å²) in [6, 6.07) is 9.84. The molecule has 4 heteroatoms.